The van der Waals surface area contributed by atoms with Crippen molar-refractivity contribution in [3.8, 4) is 5.88 Å². The Morgan fingerprint density at radius 1 is 0.972 bits per heavy atom. The molecular formula is C28H31N5O3. The number of nitrogens with one attached hydrogen (secondary N) is 2. The summed E-state index contributed by atoms with van der Waals surface area (Å²) in [5.41, 5.74) is 5.22. The van der Waals surface area contributed by atoms with E-state index in [-0.39, 0.29) is 23.8 Å². The van der Waals surface area contributed by atoms with Gasteiger partial charge in [0.15, 0.2) is 12.3 Å². The summed E-state index contributed by atoms with van der Waals surface area (Å²) < 4.78 is 7.39. The maximum atomic E-state index is 12.8. The summed E-state index contributed by atoms with van der Waals surface area (Å²) in [5.74, 6) is -0.276. The molecule has 0 atom stereocenters. The summed E-state index contributed by atoms with van der Waals surface area (Å²) in [6, 6.07) is 16.5. The molecule has 8 heteroatoms. The SMILES string of the molecule is Cc1cc(C)c2c(OCC(=O)Nc3ccccc3NC(=O)c3ccc(C(C)(C)C)cc3)nn(C)c2n1. The molecule has 4 rings (SSSR count). The molecule has 36 heavy (non-hydrogen) atoms. The average molecular weight is 486 g/mol. The van der Waals surface area contributed by atoms with Crippen LogP contribution in [0, 0.1) is 13.8 Å². The fourth-order valence-electron chi connectivity index (χ4n) is 3.99. The van der Waals surface area contributed by atoms with Crippen molar-refractivity contribution in [3.63, 3.8) is 0 Å². The Kier molecular flexibility index (Phi) is 6.79. The van der Waals surface area contributed by atoms with Gasteiger partial charge in [-0.3, -0.25) is 9.59 Å². The van der Waals surface area contributed by atoms with Crippen molar-refractivity contribution in [2.45, 2.75) is 40.0 Å². The van der Waals surface area contributed by atoms with E-state index >= 15 is 0 Å². The topological polar surface area (TPSA) is 98.1 Å². The third-order valence-electron chi connectivity index (χ3n) is 5.89. The number of hydrogen-bond acceptors (Lipinski definition) is 5. The molecule has 0 aliphatic rings. The minimum Gasteiger partial charge on any atom is -0.466 e. The number of amides is 2. The molecule has 0 bridgehead atoms. The zero-order chi connectivity index (χ0) is 26.0. The predicted octanol–water partition coefficient (Wildman–Crippen LogP) is 5.15. The second-order valence-electron chi connectivity index (χ2n) is 9.87. The van der Waals surface area contributed by atoms with Gasteiger partial charge in [0.05, 0.1) is 16.8 Å². The average Bonchev–Trinajstić information content (AvgIpc) is 3.14. The normalized spacial score (nSPS) is 11.4. The van der Waals surface area contributed by atoms with Crippen LogP contribution in [0.4, 0.5) is 11.4 Å². The summed E-state index contributed by atoms with van der Waals surface area (Å²) in [7, 11) is 1.79. The number of benzene rings is 2. The van der Waals surface area contributed by atoms with Gasteiger partial charge < -0.3 is 15.4 Å². The number of aromatic nitrogens is 3. The van der Waals surface area contributed by atoms with E-state index in [4.69, 9.17) is 4.74 Å². The highest BCUT2D eigenvalue weighted by molar-refractivity contribution is 6.07. The highest BCUT2D eigenvalue weighted by Crippen LogP contribution is 2.28. The van der Waals surface area contributed by atoms with Crippen LogP contribution in [0.5, 0.6) is 5.88 Å². The lowest BCUT2D eigenvalue weighted by molar-refractivity contribution is -0.118. The Balaban J connectivity index is 1.44. The number of anilines is 2. The van der Waals surface area contributed by atoms with E-state index in [9.17, 15) is 9.59 Å². The maximum absolute atomic E-state index is 12.8. The number of fused-ring (bicyclic) bond motifs is 1. The van der Waals surface area contributed by atoms with Gasteiger partial charge in [0.2, 0.25) is 5.88 Å². The zero-order valence-electron chi connectivity index (χ0n) is 21.5. The van der Waals surface area contributed by atoms with Crippen molar-refractivity contribution >= 4 is 34.2 Å². The first-order chi connectivity index (χ1) is 17.0. The molecule has 2 amide bonds. The van der Waals surface area contributed by atoms with Gasteiger partial charge in [-0.1, -0.05) is 45.0 Å². The fourth-order valence-corrected chi connectivity index (χ4v) is 3.99. The Morgan fingerprint density at radius 2 is 1.61 bits per heavy atom. The van der Waals surface area contributed by atoms with E-state index in [0.717, 1.165) is 22.2 Å². The van der Waals surface area contributed by atoms with Gasteiger partial charge in [-0.05, 0) is 60.7 Å². The third-order valence-corrected chi connectivity index (χ3v) is 5.89. The molecule has 2 aromatic heterocycles. The second kappa shape index (κ2) is 9.81. The van der Waals surface area contributed by atoms with Gasteiger partial charge in [0.1, 0.15) is 0 Å². The lowest BCUT2D eigenvalue weighted by Crippen LogP contribution is -2.22. The molecule has 0 saturated carbocycles. The highest BCUT2D eigenvalue weighted by Gasteiger charge is 2.17. The van der Waals surface area contributed by atoms with Gasteiger partial charge in [0, 0.05) is 18.3 Å². The van der Waals surface area contributed by atoms with E-state index < -0.39 is 0 Å². The van der Waals surface area contributed by atoms with E-state index in [2.05, 4.69) is 41.5 Å². The van der Waals surface area contributed by atoms with Crippen molar-refractivity contribution in [2.24, 2.45) is 7.05 Å². The van der Waals surface area contributed by atoms with Crippen molar-refractivity contribution in [1.29, 1.82) is 0 Å². The summed E-state index contributed by atoms with van der Waals surface area (Å²) in [6.45, 7) is 10.0. The number of hydrogen-bond donors (Lipinski definition) is 2. The quantitative estimate of drug-likeness (QED) is 0.393. The Hall–Kier alpha value is -4.20. The lowest BCUT2D eigenvalue weighted by Gasteiger charge is -2.19. The van der Waals surface area contributed by atoms with Crippen molar-refractivity contribution in [2.75, 3.05) is 17.2 Å². The molecule has 0 radical (unpaired) electrons. The molecule has 2 N–H and O–H groups in total. The number of carbonyl (C=O) groups excluding carboxylic acids is 2. The molecule has 0 fully saturated rings. The van der Waals surface area contributed by atoms with Crippen LogP contribution in [-0.2, 0) is 17.3 Å². The smallest absolute Gasteiger partial charge is 0.262 e. The van der Waals surface area contributed by atoms with Crippen LogP contribution in [-0.4, -0.2) is 33.2 Å². The van der Waals surface area contributed by atoms with Crippen molar-refractivity contribution in [3.05, 3.63) is 77.0 Å². The Morgan fingerprint density at radius 3 is 2.25 bits per heavy atom. The first kappa shape index (κ1) is 24.9. The fraction of sp³-hybridized carbons (Fsp3) is 0.286. The number of pyridine rings is 1. The molecule has 0 aliphatic heterocycles. The number of carbonyl (C=O) groups is 2. The first-order valence-electron chi connectivity index (χ1n) is 11.8. The Labute approximate surface area is 210 Å². The molecule has 186 valence electrons. The van der Waals surface area contributed by atoms with Gasteiger partial charge in [-0.15, -0.1) is 5.10 Å². The molecule has 2 heterocycles. The van der Waals surface area contributed by atoms with Crippen molar-refractivity contribution in [1.82, 2.24) is 14.8 Å². The summed E-state index contributed by atoms with van der Waals surface area (Å²) >= 11 is 0. The lowest BCUT2D eigenvalue weighted by atomic mass is 9.87. The Bertz CT molecular complexity index is 1430. The standard InChI is InChI=1S/C28H31N5O3/c1-17-15-18(2)29-25-24(17)27(32-33(25)6)36-16-23(34)30-21-9-7-8-10-22(21)31-26(35)19-11-13-20(14-12-19)28(3,4)5/h7-15H,16H2,1-6H3,(H,30,34)(H,31,35). The molecule has 4 aromatic rings. The monoisotopic (exact) mass is 485 g/mol. The largest absolute Gasteiger partial charge is 0.466 e. The van der Waals surface area contributed by atoms with E-state index in [0.29, 0.717) is 28.5 Å². The summed E-state index contributed by atoms with van der Waals surface area (Å²) in [5, 5.41) is 10.9. The van der Waals surface area contributed by atoms with Crippen LogP contribution in [0.25, 0.3) is 11.0 Å². The minimum absolute atomic E-state index is 0.00364. The van der Waals surface area contributed by atoms with Gasteiger partial charge >= 0.3 is 0 Å². The van der Waals surface area contributed by atoms with Crippen LogP contribution in [0.1, 0.15) is 48.0 Å². The number of aryl methyl sites for hydroxylation is 3. The maximum Gasteiger partial charge on any atom is 0.262 e. The van der Waals surface area contributed by atoms with Crippen molar-refractivity contribution < 1.29 is 14.3 Å². The molecule has 2 aromatic carbocycles. The second-order valence-corrected chi connectivity index (χ2v) is 9.87. The minimum atomic E-state index is -0.372. The van der Waals surface area contributed by atoms with Crippen LogP contribution in [0.2, 0.25) is 0 Å². The van der Waals surface area contributed by atoms with Crippen LogP contribution < -0.4 is 15.4 Å². The van der Waals surface area contributed by atoms with E-state index in [1.54, 1.807) is 48.1 Å². The molecule has 0 unspecified atom stereocenters. The van der Waals surface area contributed by atoms with Gasteiger partial charge in [-0.2, -0.15) is 0 Å². The van der Waals surface area contributed by atoms with Gasteiger partial charge in [-0.25, -0.2) is 9.67 Å². The predicted molar refractivity (Wildman–Crippen MR) is 142 cm³/mol. The number of nitrogens with zero attached hydrogens (tertiary/aromatic N) is 3. The first-order valence-corrected chi connectivity index (χ1v) is 11.8. The van der Waals surface area contributed by atoms with E-state index in [1.165, 1.54) is 0 Å². The third kappa shape index (κ3) is 5.38. The van der Waals surface area contributed by atoms with Crippen LogP contribution in [0.3, 0.4) is 0 Å². The number of ether oxygens (including phenoxy) is 1. The number of para-hydroxylation sites is 2. The molecule has 8 nitrogen and oxygen atoms in total. The molecule has 0 aliphatic carbocycles. The summed E-state index contributed by atoms with van der Waals surface area (Å²) in [6.07, 6.45) is 0. The highest BCUT2D eigenvalue weighted by atomic mass is 16.5. The molecule has 0 spiro atoms. The van der Waals surface area contributed by atoms with Crippen LogP contribution >= 0.6 is 0 Å². The summed E-state index contributed by atoms with van der Waals surface area (Å²) in [4.78, 5) is 30.1. The van der Waals surface area contributed by atoms with E-state index in [1.807, 2.05) is 32.0 Å². The van der Waals surface area contributed by atoms with Crippen LogP contribution in [0.15, 0.2) is 54.6 Å². The molecule has 0 saturated heterocycles. The molecular weight excluding hydrogens is 454 g/mol. The zero-order valence-corrected chi connectivity index (χ0v) is 21.5. The number of rotatable bonds is 6. The van der Waals surface area contributed by atoms with Gasteiger partial charge in [0.25, 0.3) is 11.8 Å².